The SMILES string of the molecule is CC1CCC2C(C1)OC1CC(C)CC3C4CC(c5ccc(C6CCC7C(C6)C6CCCC8OC9CCCCC9N7C86)cc5)CCC4N2C13. The largest absolute Gasteiger partial charge is 0.372 e. The van der Waals surface area contributed by atoms with Gasteiger partial charge in [0.2, 0.25) is 0 Å². The van der Waals surface area contributed by atoms with Crippen molar-refractivity contribution in [3.8, 4) is 0 Å². The highest BCUT2D eigenvalue weighted by atomic mass is 16.5. The van der Waals surface area contributed by atoms with Gasteiger partial charge in [-0.3, -0.25) is 9.80 Å². The van der Waals surface area contributed by atoms with E-state index in [1.165, 1.54) is 116 Å². The molecule has 4 nitrogen and oxygen atoms in total. The van der Waals surface area contributed by atoms with Crippen LogP contribution in [0.3, 0.4) is 0 Å². The summed E-state index contributed by atoms with van der Waals surface area (Å²) in [4.78, 5) is 6.28. The summed E-state index contributed by atoms with van der Waals surface area (Å²) >= 11 is 0. The van der Waals surface area contributed by atoms with Gasteiger partial charge in [0, 0.05) is 36.3 Å². The van der Waals surface area contributed by atoms with E-state index < -0.39 is 0 Å². The average Bonchev–Trinajstić information content (AvgIpc) is 3.62. The van der Waals surface area contributed by atoms with Gasteiger partial charge in [-0.05, 0) is 155 Å². The van der Waals surface area contributed by atoms with E-state index >= 15 is 0 Å². The van der Waals surface area contributed by atoms with Crippen molar-refractivity contribution >= 4 is 0 Å². The molecule has 0 amide bonds. The second-order valence-electron chi connectivity index (χ2n) is 19.6. The number of hydrogen-bond donors (Lipinski definition) is 0. The number of fused-ring (bicyclic) bond motifs is 10. The fourth-order valence-corrected chi connectivity index (χ4v) is 15.6. The van der Waals surface area contributed by atoms with Crippen molar-refractivity contribution in [3.05, 3.63) is 35.4 Å². The summed E-state index contributed by atoms with van der Waals surface area (Å²) < 4.78 is 14.0. The molecule has 18 unspecified atom stereocenters. The van der Waals surface area contributed by atoms with Crippen LogP contribution in [0.5, 0.6) is 0 Å². The molecule has 6 aliphatic carbocycles. The first-order valence-electron chi connectivity index (χ1n) is 21.5. The molecule has 0 N–H and O–H groups in total. The molecule has 11 rings (SSSR count). The van der Waals surface area contributed by atoms with Crippen molar-refractivity contribution in [3.63, 3.8) is 0 Å². The van der Waals surface area contributed by atoms with E-state index in [-0.39, 0.29) is 0 Å². The van der Waals surface area contributed by atoms with Gasteiger partial charge >= 0.3 is 0 Å². The predicted octanol–water partition coefficient (Wildman–Crippen LogP) is 9.07. The molecule has 4 saturated heterocycles. The Morgan fingerprint density at radius 3 is 1.77 bits per heavy atom. The van der Waals surface area contributed by atoms with Crippen LogP contribution in [0, 0.1) is 35.5 Å². The van der Waals surface area contributed by atoms with Crippen LogP contribution < -0.4 is 0 Å². The Morgan fingerprint density at radius 2 is 1.02 bits per heavy atom. The quantitative estimate of drug-likeness (QED) is 0.318. The minimum atomic E-state index is 0.500. The number of nitrogens with zero attached hydrogens (tertiary/aromatic N) is 2. The van der Waals surface area contributed by atoms with Crippen molar-refractivity contribution in [2.75, 3.05) is 0 Å². The molecule has 4 heteroatoms. The molecule has 4 heterocycles. The van der Waals surface area contributed by atoms with Crippen LogP contribution in [-0.4, -0.2) is 70.5 Å². The standard InChI is InChI=1S/C44H64N2O2/c1-25-10-17-38-41(21-25)48-42-22-26(2)20-34-33-24-30(16-19-36(33)46(38)44(34)42)28-13-11-27(12-14-28)29-15-18-35-32(23-29)31-6-5-9-40-43(31)45(35)37-7-3-4-8-39(37)47-40/h11-14,25-26,29-44H,3-10,15-24H2,1-2H3. The maximum atomic E-state index is 7.05. The zero-order chi connectivity index (χ0) is 31.7. The van der Waals surface area contributed by atoms with Gasteiger partial charge in [-0.15, -0.1) is 0 Å². The van der Waals surface area contributed by atoms with Crippen molar-refractivity contribution in [1.29, 1.82) is 0 Å². The lowest BCUT2D eigenvalue weighted by Gasteiger charge is -2.55. The molecule has 10 aliphatic rings. The third-order valence-electron chi connectivity index (χ3n) is 17.3. The Bertz CT molecular complexity index is 1350. The second kappa shape index (κ2) is 11.8. The highest BCUT2D eigenvalue weighted by Crippen LogP contribution is 2.59. The van der Waals surface area contributed by atoms with Gasteiger partial charge in [0.1, 0.15) is 0 Å². The molecule has 0 spiro atoms. The smallest absolute Gasteiger partial charge is 0.0740 e. The van der Waals surface area contributed by atoms with Crippen LogP contribution in [0.15, 0.2) is 24.3 Å². The van der Waals surface area contributed by atoms with Gasteiger partial charge in [0.15, 0.2) is 0 Å². The molecule has 1 aromatic rings. The molecule has 4 aliphatic heterocycles. The summed E-state index contributed by atoms with van der Waals surface area (Å²) in [6, 6.07) is 15.0. The minimum absolute atomic E-state index is 0.500. The molecular formula is C44H64N2O2. The zero-order valence-corrected chi connectivity index (χ0v) is 30.1. The van der Waals surface area contributed by atoms with Gasteiger partial charge in [-0.25, -0.2) is 0 Å². The molecular weight excluding hydrogens is 588 g/mol. The van der Waals surface area contributed by atoms with Gasteiger partial charge in [0.05, 0.1) is 24.4 Å². The van der Waals surface area contributed by atoms with E-state index in [1.807, 2.05) is 0 Å². The van der Waals surface area contributed by atoms with E-state index in [0.717, 1.165) is 71.5 Å². The van der Waals surface area contributed by atoms with Crippen LogP contribution in [0.1, 0.15) is 152 Å². The lowest BCUT2D eigenvalue weighted by molar-refractivity contribution is -0.187. The number of benzene rings is 1. The van der Waals surface area contributed by atoms with Crippen molar-refractivity contribution < 1.29 is 9.47 Å². The molecule has 0 radical (unpaired) electrons. The van der Waals surface area contributed by atoms with Crippen LogP contribution in [0.2, 0.25) is 0 Å². The van der Waals surface area contributed by atoms with Gasteiger partial charge in [-0.1, -0.05) is 57.4 Å². The highest BCUT2D eigenvalue weighted by Gasteiger charge is 2.62. The number of morpholine rings is 2. The first-order valence-corrected chi connectivity index (χ1v) is 21.5. The summed E-state index contributed by atoms with van der Waals surface area (Å²) in [5.74, 6) is 6.70. The summed E-state index contributed by atoms with van der Waals surface area (Å²) in [6.45, 7) is 5.00. The summed E-state index contributed by atoms with van der Waals surface area (Å²) in [5, 5.41) is 0. The minimum Gasteiger partial charge on any atom is -0.372 e. The molecule has 10 fully saturated rings. The molecule has 18 atom stereocenters. The van der Waals surface area contributed by atoms with Gasteiger partial charge in [-0.2, -0.15) is 0 Å². The third kappa shape index (κ3) is 4.66. The summed E-state index contributed by atoms with van der Waals surface area (Å²) in [5.41, 5.74) is 3.32. The van der Waals surface area contributed by atoms with Crippen molar-refractivity contribution in [2.45, 2.75) is 202 Å². The molecule has 48 heavy (non-hydrogen) atoms. The molecule has 0 aromatic heterocycles. The fourth-order valence-electron chi connectivity index (χ4n) is 15.6. The summed E-state index contributed by atoms with van der Waals surface area (Å²) in [7, 11) is 0. The lowest BCUT2D eigenvalue weighted by Crippen LogP contribution is -2.64. The Morgan fingerprint density at radius 1 is 0.438 bits per heavy atom. The first-order chi connectivity index (χ1) is 23.6. The van der Waals surface area contributed by atoms with E-state index in [2.05, 4.69) is 47.9 Å². The average molecular weight is 653 g/mol. The van der Waals surface area contributed by atoms with E-state index in [9.17, 15) is 0 Å². The number of ether oxygens (including phenoxy) is 2. The van der Waals surface area contributed by atoms with E-state index in [1.54, 1.807) is 11.1 Å². The molecule has 0 bridgehead atoms. The molecule has 6 saturated carbocycles. The van der Waals surface area contributed by atoms with Crippen LogP contribution in [-0.2, 0) is 9.47 Å². The number of rotatable bonds is 2. The maximum Gasteiger partial charge on any atom is 0.0740 e. The predicted molar refractivity (Wildman–Crippen MR) is 191 cm³/mol. The zero-order valence-electron chi connectivity index (χ0n) is 30.1. The monoisotopic (exact) mass is 652 g/mol. The van der Waals surface area contributed by atoms with Gasteiger partial charge < -0.3 is 9.47 Å². The fraction of sp³-hybridized carbons (Fsp3) is 0.864. The second-order valence-corrected chi connectivity index (χ2v) is 19.6. The van der Waals surface area contributed by atoms with Gasteiger partial charge in [0.25, 0.3) is 0 Å². The van der Waals surface area contributed by atoms with Crippen LogP contribution >= 0.6 is 0 Å². The third-order valence-corrected chi connectivity index (χ3v) is 17.3. The Labute approximate surface area is 291 Å². The first kappa shape index (κ1) is 30.7. The number of hydrogen-bond acceptors (Lipinski definition) is 4. The normalized spacial score (nSPS) is 54.3. The molecule has 1 aromatic carbocycles. The van der Waals surface area contributed by atoms with E-state index in [4.69, 9.17) is 9.47 Å². The Balaban J connectivity index is 0.800. The summed E-state index contributed by atoms with van der Waals surface area (Å²) in [6.07, 6.45) is 27.1. The Hall–Kier alpha value is -0.940. The Kier molecular flexibility index (Phi) is 7.53. The topological polar surface area (TPSA) is 24.9 Å². The van der Waals surface area contributed by atoms with Crippen LogP contribution in [0.25, 0.3) is 0 Å². The lowest BCUT2D eigenvalue weighted by atomic mass is 9.66. The van der Waals surface area contributed by atoms with Crippen molar-refractivity contribution in [1.82, 2.24) is 9.80 Å². The maximum absolute atomic E-state index is 7.05. The highest BCUT2D eigenvalue weighted by molar-refractivity contribution is 5.30. The van der Waals surface area contributed by atoms with Crippen molar-refractivity contribution in [2.24, 2.45) is 35.5 Å². The molecule has 262 valence electrons. The van der Waals surface area contributed by atoms with Crippen LogP contribution in [0.4, 0.5) is 0 Å². The van der Waals surface area contributed by atoms with E-state index in [0.29, 0.717) is 36.5 Å².